The van der Waals surface area contributed by atoms with Crippen LogP contribution in [0.1, 0.15) is 42.1 Å². The highest BCUT2D eigenvalue weighted by molar-refractivity contribution is 5.82. The molecule has 0 spiro atoms. The second-order valence-electron chi connectivity index (χ2n) is 10.4. The maximum atomic E-state index is 9.55. The zero-order chi connectivity index (χ0) is 24.6. The first kappa shape index (κ1) is 23.8. The number of morpholine rings is 1. The summed E-state index contributed by atoms with van der Waals surface area (Å²) in [6.45, 7) is 10.1. The van der Waals surface area contributed by atoms with Crippen molar-refractivity contribution in [2.45, 2.75) is 51.2 Å². The Hall–Kier alpha value is -2.59. The summed E-state index contributed by atoms with van der Waals surface area (Å²) in [6, 6.07) is 7.21. The van der Waals surface area contributed by atoms with Crippen LogP contribution in [0.2, 0.25) is 0 Å². The first-order chi connectivity index (χ1) is 17.6. The molecule has 9 heteroatoms. The highest BCUT2D eigenvalue weighted by Gasteiger charge is 2.29. The number of hydrogen-bond acceptors (Lipinski definition) is 8. The third-order valence-electron chi connectivity index (χ3n) is 8.04. The Bertz CT molecular complexity index is 1220. The van der Waals surface area contributed by atoms with Crippen LogP contribution in [-0.2, 0) is 9.47 Å². The summed E-state index contributed by atoms with van der Waals surface area (Å²) in [5.74, 6) is 2.88. The lowest BCUT2D eigenvalue weighted by Gasteiger charge is -2.36. The van der Waals surface area contributed by atoms with E-state index in [4.69, 9.17) is 19.6 Å². The molecule has 1 aromatic carbocycles. The highest BCUT2D eigenvalue weighted by Crippen LogP contribution is 2.34. The van der Waals surface area contributed by atoms with E-state index in [0.29, 0.717) is 30.9 Å². The van der Waals surface area contributed by atoms with Gasteiger partial charge in [-0.1, -0.05) is 0 Å². The zero-order valence-electron chi connectivity index (χ0n) is 21.3. The summed E-state index contributed by atoms with van der Waals surface area (Å²) >= 11 is 0. The molecule has 3 fully saturated rings. The Balaban J connectivity index is 1.28. The van der Waals surface area contributed by atoms with Crippen LogP contribution < -0.4 is 4.90 Å². The fourth-order valence-corrected chi connectivity index (χ4v) is 6.06. The van der Waals surface area contributed by atoms with Gasteiger partial charge in [-0.2, -0.15) is 5.10 Å². The molecule has 0 radical (unpaired) electrons. The van der Waals surface area contributed by atoms with Gasteiger partial charge in [0.1, 0.15) is 11.6 Å². The number of aryl methyl sites for hydroxylation is 2. The molecule has 1 N–H and O–H groups in total. The molecule has 0 saturated carbocycles. The van der Waals surface area contributed by atoms with Gasteiger partial charge in [0, 0.05) is 37.2 Å². The highest BCUT2D eigenvalue weighted by atomic mass is 16.5. The molecule has 3 aromatic rings. The first-order valence-electron chi connectivity index (χ1n) is 13.2. The number of ether oxygens (including phenoxy) is 2. The van der Waals surface area contributed by atoms with E-state index < -0.39 is 0 Å². The number of aliphatic hydroxyl groups is 1. The predicted molar refractivity (Wildman–Crippen MR) is 138 cm³/mol. The molecule has 2 atom stereocenters. The molecule has 0 amide bonds. The normalized spacial score (nSPS) is 24.1. The second kappa shape index (κ2) is 10.0. The lowest BCUT2D eigenvalue weighted by molar-refractivity contribution is 0.00335. The fourth-order valence-electron chi connectivity index (χ4n) is 6.06. The summed E-state index contributed by atoms with van der Waals surface area (Å²) in [5.41, 5.74) is 3.85. The van der Waals surface area contributed by atoms with Crippen molar-refractivity contribution in [3.8, 4) is 5.82 Å². The van der Waals surface area contributed by atoms with Crippen LogP contribution >= 0.6 is 0 Å². The smallest absolute Gasteiger partial charge is 0.159 e. The average molecular weight is 493 g/mol. The van der Waals surface area contributed by atoms with E-state index in [1.165, 1.54) is 30.4 Å². The van der Waals surface area contributed by atoms with Gasteiger partial charge in [-0.15, -0.1) is 0 Å². The van der Waals surface area contributed by atoms with E-state index >= 15 is 0 Å². The Morgan fingerprint density at radius 3 is 2.61 bits per heavy atom. The summed E-state index contributed by atoms with van der Waals surface area (Å²) in [4.78, 5) is 14.2. The maximum Gasteiger partial charge on any atom is 0.159 e. The Labute approximate surface area is 212 Å². The van der Waals surface area contributed by atoms with Crippen molar-refractivity contribution >= 4 is 16.7 Å². The third-order valence-corrected chi connectivity index (χ3v) is 8.04. The second-order valence-corrected chi connectivity index (χ2v) is 10.4. The average Bonchev–Trinajstić information content (AvgIpc) is 3.58. The van der Waals surface area contributed by atoms with Crippen molar-refractivity contribution in [3.63, 3.8) is 0 Å². The number of benzene rings is 1. The van der Waals surface area contributed by atoms with Crippen LogP contribution in [-0.4, -0.2) is 94.5 Å². The van der Waals surface area contributed by atoms with E-state index in [-0.39, 0.29) is 12.7 Å². The van der Waals surface area contributed by atoms with E-state index in [2.05, 4.69) is 33.8 Å². The van der Waals surface area contributed by atoms with Crippen molar-refractivity contribution in [2.75, 3.05) is 57.5 Å². The lowest BCUT2D eigenvalue weighted by Crippen LogP contribution is -2.44. The number of piperidine rings is 1. The first-order valence-corrected chi connectivity index (χ1v) is 13.2. The molecular weight excluding hydrogens is 456 g/mol. The minimum Gasteiger partial charge on any atom is -0.394 e. The van der Waals surface area contributed by atoms with Gasteiger partial charge in [-0.05, 0) is 75.4 Å². The Morgan fingerprint density at radius 2 is 1.83 bits per heavy atom. The van der Waals surface area contributed by atoms with Gasteiger partial charge in [0.05, 0.1) is 37.6 Å². The molecule has 0 unspecified atom stereocenters. The van der Waals surface area contributed by atoms with Crippen LogP contribution in [0.5, 0.6) is 0 Å². The van der Waals surface area contributed by atoms with Gasteiger partial charge in [-0.3, -0.25) is 4.90 Å². The summed E-state index contributed by atoms with van der Waals surface area (Å²) in [5, 5.41) is 15.4. The number of anilines is 1. The van der Waals surface area contributed by atoms with Crippen molar-refractivity contribution in [3.05, 3.63) is 41.3 Å². The summed E-state index contributed by atoms with van der Waals surface area (Å²) in [6.07, 6.45) is 5.26. The third kappa shape index (κ3) is 4.61. The minimum absolute atomic E-state index is 0.00665. The monoisotopic (exact) mass is 492 g/mol. The van der Waals surface area contributed by atoms with Crippen molar-refractivity contribution in [1.29, 1.82) is 0 Å². The van der Waals surface area contributed by atoms with E-state index in [9.17, 15) is 5.11 Å². The van der Waals surface area contributed by atoms with E-state index in [1.54, 1.807) is 0 Å². The number of aliphatic hydroxyl groups excluding tert-OH is 1. The standard InChI is InChI=1S/C27H36N6O3/c1-18-11-21-14-28-33(27-13-26(29-19(2)30-27)32-8-10-36-23(15-32)16-34)25(21)12-24(18)20-3-6-31(7-4-20)22-5-9-35-17-22/h11-14,20,22-23,34H,3-10,15-17H2,1-2H3/t22-,23-/m1/s1. The number of nitrogens with zero attached hydrogens (tertiary/aromatic N) is 6. The Kier molecular flexibility index (Phi) is 6.64. The van der Waals surface area contributed by atoms with Gasteiger partial charge in [0.15, 0.2) is 5.82 Å². The molecule has 3 aliphatic heterocycles. The molecule has 2 aromatic heterocycles. The Morgan fingerprint density at radius 1 is 1.00 bits per heavy atom. The number of hydrogen-bond donors (Lipinski definition) is 1. The molecule has 192 valence electrons. The lowest BCUT2D eigenvalue weighted by atomic mass is 9.86. The molecule has 36 heavy (non-hydrogen) atoms. The summed E-state index contributed by atoms with van der Waals surface area (Å²) < 4.78 is 13.2. The maximum absolute atomic E-state index is 9.55. The van der Waals surface area contributed by atoms with Gasteiger partial charge in [0.25, 0.3) is 0 Å². The van der Waals surface area contributed by atoms with Crippen LogP contribution in [0.15, 0.2) is 24.4 Å². The molecule has 3 saturated heterocycles. The molecule has 0 bridgehead atoms. The van der Waals surface area contributed by atoms with E-state index in [1.807, 2.05) is 23.9 Å². The largest absolute Gasteiger partial charge is 0.394 e. The van der Waals surface area contributed by atoms with Crippen LogP contribution in [0, 0.1) is 13.8 Å². The van der Waals surface area contributed by atoms with Crippen LogP contribution in [0.4, 0.5) is 5.82 Å². The fraction of sp³-hybridized carbons (Fsp3) is 0.593. The molecular formula is C27H36N6O3. The molecule has 6 rings (SSSR count). The van der Waals surface area contributed by atoms with Crippen molar-refractivity contribution < 1.29 is 14.6 Å². The number of rotatable bonds is 5. The van der Waals surface area contributed by atoms with Crippen molar-refractivity contribution in [1.82, 2.24) is 24.6 Å². The quantitative estimate of drug-likeness (QED) is 0.582. The predicted octanol–water partition coefficient (Wildman–Crippen LogP) is 2.60. The van der Waals surface area contributed by atoms with Gasteiger partial charge >= 0.3 is 0 Å². The summed E-state index contributed by atoms with van der Waals surface area (Å²) in [7, 11) is 0. The van der Waals surface area contributed by atoms with Gasteiger partial charge in [0.2, 0.25) is 0 Å². The molecule has 9 nitrogen and oxygen atoms in total. The van der Waals surface area contributed by atoms with Crippen molar-refractivity contribution in [2.24, 2.45) is 0 Å². The topological polar surface area (TPSA) is 88.8 Å². The van der Waals surface area contributed by atoms with E-state index in [0.717, 1.165) is 55.4 Å². The molecule has 5 heterocycles. The minimum atomic E-state index is -0.193. The van der Waals surface area contributed by atoms with Crippen LogP contribution in [0.25, 0.3) is 16.7 Å². The zero-order valence-corrected chi connectivity index (χ0v) is 21.3. The number of fused-ring (bicyclic) bond motifs is 1. The van der Waals surface area contributed by atoms with Gasteiger partial charge in [-0.25, -0.2) is 14.6 Å². The molecule has 0 aliphatic carbocycles. The number of aromatic nitrogens is 4. The van der Waals surface area contributed by atoms with Gasteiger partial charge < -0.3 is 19.5 Å². The number of likely N-dealkylation sites (tertiary alicyclic amines) is 1. The SMILES string of the molecule is Cc1nc(N2CCO[C@@H](CO)C2)cc(-n2ncc3cc(C)c(C4CCN([C@@H]5CCOC5)CC4)cc32)n1. The van der Waals surface area contributed by atoms with Crippen LogP contribution in [0.3, 0.4) is 0 Å². The molecule has 3 aliphatic rings.